The van der Waals surface area contributed by atoms with Crippen LogP contribution in [-0.2, 0) is 6.42 Å². The molecular formula is C13H11F2N3O2. The maximum absolute atomic E-state index is 13.6. The monoisotopic (exact) mass is 279 g/mol. The van der Waals surface area contributed by atoms with Crippen LogP contribution in [0.1, 0.15) is 5.56 Å². The number of benzene rings is 1. The minimum atomic E-state index is -0.980. The molecule has 5 nitrogen and oxygen atoms in total. The van der Waals surface area contributed by atoms with Gasteiger partial charge in [0, 0.05) is 18.9 Å². The second-order valence-electron chi connectivity index (χ2n) is 4.07. The van der Waals surface area contributed by atoms with Crippen molar-refractivity contribution in [2.24, 2.45) is 0 Å². The van der Waals surface area contributed by atoms with Gasteiger partial charge in [0.1, 0.15) is 5.69 Å². The predicted octanol–water partition coefficient (Wildman–Crippen LogP) is 2.92. The summed E-state index contributed by atoms with van der Waals surface area (Å²) in [5.74, 6) is -1.96. The fourth-order valence-corrected chi connectivity index (χ4v) is 1.72. The minimum absolute atomic E-state index is 0.301. The molecule has 104 valence electrons. The number of hydrogen-bond donors (Lipinski definition) is 1. The van der Waals surface area contributed by atoms with Crippen molar-refractivity contribution in [2.75, 3.05) is 11.9 Å². The average molecular weight is 279 g/mol. The van der Waals surface area contributed by atoms with Crippen molar-refractivity contribution in [2.45, 2.75) is 6.42 Å². The molecule has 0 atom stereocenters. The van der Waals surface area contributed by atoms with Gasteiger partial charge in [-0.05, 0) is 24.1 Å². The zero-order valence-corrected chi connectivity index (χ0v) is 10.3. The maximum Gasteiger partial charge on any atom is 0.275 e. The van der Waals surface area contributed by atoms with Crippen LogP contribution in [-0.4, -0.2) is 16.5 Å². The largest absolute Gasteiger partial charge is 0.380 e. The summed E-state index contributed by atoms with van der Waals surface area (Å²) in [4.78, 5) is 13.5. The standard InChI is InChI=1S/C13H11F2N3O2/c14-11-7-10(18(19)20)8-12(15)13(11)17-6-3-9-1-4-16-5-2-9/h1-2,4-5,7-8,17H,3,6H2. The van der Waals surface area contributed by atoms with Gasteiger partial charge in [0.2, 0.25) is 0 Å². The lowest BCUT2D eigenvalue weighted by Gasteiger charge is -2.08. The average Bonchev–Trinajstić information content (AvgIpc) is 2.42. The topological polar surface area (TPSA) is 68.1 Å². The van der Waals surface area contributed by atoms with Crippen molar-refractivity contribution in [1.29, 1.82) is 0 Å². The van der Waals surface area contributed by atoms with E-state index in [9.17, 15) is 18.9 Å². The highest BCUT2D eigenvalue weighted by Crippen LogP contribution is 2.24. The van der Waals surface area contributed by atoms with E-state index in [0.29, 0.717) is 25.1 Å². The van der Waals surface area contributed by atoms with Crippen molar-refractivity contribution < 1.29 is 13.7 Å². The van der Waals surface area contributed by atoms with Crippen LogP contribution in [0.25, 0.3) is 0 Å². The molecule has 2 rings (SSSR count). The number of pyridine rings is 1. The van der Waals surface area contributed by atoms with Crippen molar-refractivity contribution in [3.8, 4) is 0 Å². The minimum Gasteiger partial charge on any atom is -0.380 e. The Labute approximate surface area is 113 Å². The van der Waals surface area contributed by atoms with Crippen LogP contribution in [0, 0.1) is 21.7 Å². The second kappa shape index (κ2) is 6.05. The van der Waals surface area contributed by atoms with E-state index in [-0.39, 0.29) is 5.69 Å². The SMILES string of the molecule is O=[N+]([O-])c1cc(F)c(NCCc2ccncc2)c(F)c1. The van der Waals surface area contributed by atoms with Gasteiger partial charge < -0.3 is 5.32 Å². The molecule has 1 aromatic heterocycles. The first-order valence-corrected chi connectivity index (χ1v) is 5.84. The summed E-state index contributed by atoms with van der Waals surface area (Å²) in [6.45, 7) is 0.301. The van der Waals surface area contributed by atoms with Gasteiger partial charge in [0.15, 0.2) is 11.6 Å². The van der Waals surface area contributed by atoms with E-state index in [1.807, 2.05) is 0 Å². The number of hydrogen-bond acceptors (Lipinski definition) is 4. The first-order valence-electron chi connectivity index (χ1n) is 5.84. The van der Waals surface area contributed by atoms with Gasteiger partial charge in [-0.2, -0.15) is 0 Å². The third-order valence-corrected chi connectivity index (χ3v) is 2.70. The van der Waals surface area contributed by atoms with Crippen LogP contribution >= 0.6 is 0 Å². The Balaban J connectivity index is 2.05. The lowest BCUT2D eigenvalue weighted by molar-refractivity contribution is -0.385. The Morgan fingerprint density at radius 2 is 1.80 bits per heavy atom. The molecule has 0 amide bonds. The molecule has 1 aromatic carbocycles. The summed E-state index contributed by atoms with van der Waals surface area (Å²) in [5, 5.41) is 13.1. The van der Waals surface area contributed by atoms with Crippen molar-refractivity contribution in [1.82, 2.24) is 4.98 Å². The normalized spacial score (nSPS) is 10.3. The van der Waals surface area contributed by atoms with Gasteiger partial charge in [-0.3, -0.25) is 15.1 Å². The quantitative estimate of drug-likeness (QED) is 0.675. The van der Waals surface area contributed by atoms with Crippen LogP contribution in [0.4, 0.5) is 20.2 Å². The molecule has 0 bridgehead atoms. The van der Waals surface area contributed by atoms with Gasteiger partial charge in [-0.1, -0.05) is 0 Å². The number of rotatable bonds is 5. The van der Waals surface area contributed by atoms with E-state index in [4.69, 9.17) is 0 Å². The zero-order valence-electron chi connectivity index (χ0n) is 10.3. The van der Waals surface area contributed by atoms with Gasteiger partial charge in [-0.15, -0.1) is 0 Å². The molecule has 0 spiro atoms. The molecule has 0 aliphatic carbocycles. The molecule has 0 saturated heterocycles. The number of nitrogens with one attached hydrogen (secondary N) is 1. The number of aromatic nitrogens is 1. The Morgan fingerprint density at radius 3 is 2.35 bits per heavy atom. The number of nitro groups is 1. The van der Waals surface area contributed by atoms with Crippen molar-refractivity contribution in [3.05, 3.63) is 64.0 Å². The van der Waals surface area contributed by atoms with E-state index < -0.39 is 22.2 Å². The lowest BCUT2D eigenvalue weighted by atomic mass is 10.2. The van der Waals surface area contributed by atoms with Gasteiger partial charge in [0.05, 0.1) is 17.1 Å². The Kier molecular flexibility index (Phi) is 4.19. The van der Waals surface area contributed by atoms with E-state index in [2.05, 4.69) is 10.3 Å². The smallest absolute Gasteiger partial charge is 0.275 e. The first-order chi connectivity index (χ1) is 9.58. The summed E-state index contributed by atoms with van der Waals surface area (Å²) in [6.07, 6.45) is 3.81. The number of nitro benzene ring substituents is 1. The van der Waals surface area contributed by atoms with Gasteiger partial charge in [0.25, 0.3) is 5.69 Å². The highest BCUT2D eigenvalue weighted by molar-refractivity contribution is 5.51. The van der Waals surface area contributed by atoms with E-state index in [1.165, 1.54) is 0 Å². The Bertz CT molecular complexity index is 597. The Hall–Kier alpha value is -2.57. The molecular weight excluding hydrogens is 268 g/mol. The highest BCUT2D eigenvalue weighted by atomic mass is 19.1. The summed E-state index contributed by atoms with van der Waals surface area (Å²) in [6, 6.07) is 4.98. The second-order valence-corrected chi connectivity index (χ2v) is 4.07. The molecule has 2 aromatic rings. The first kappa shape index (κ1) is 13.9. The molecule has 0 unspecified atom stereocenters. The van der Waals surface area contributed by atoms with Crippen molar-refractivity contribution in [3.63, 3.8) is 0 Å². The van der Waals surface area contributed by atoms with E-state index in [0.717, 1.165) is 5.56 Å². The summed E-state index contributed by atoms with van der Waals surface area (Å²) < 4.78 is 27.2. The fraction of sp³-hybridized carbons (Fsp3) is 0.154. The number of anilines is 1. The molecule has 0 aliphatic heterocycles. The third kappa shape index (κ3) is 3.25. The number of halogens is 2. The summed E-state index contributed by atoms with van der Waals surface area (Å²) >= 11 is 0. The van der Waals surface area contributed by atoms with Crippen molar-refractivity contribution >= 4 is 11.4 Å². The van der Waals surface area contributed by atoms with Crippen LogP contribution in [0.2, 0.25) is 0 Å². The summed E-state index contributed by atoms with van der Waals surface area (Å²) in [5.41, 5.74) is -0.000400. The number of nitrogens with zero attached hydrogens (tertiary/aromatic N) is 2. The van der Waals surface area contributed by atoms with Gasteiger partial charge >= 0.3 is 0 Å². The number of non-ortho nitro benzene ring substituents is 1. The van der Waals surface area contributed by atoms with E-state index >= 15 is 0 Å². The molecule has 1 heterocycles. The molecule has 7 heteroatoms. The van der Waals surface area contributed by atoms with Crippen LogP contribution in [0.15, 0.2) is 36.7 Å². The zero-order chi connectivity index (χ0) is 14.5. The molecule has 0 fully saturated rings. The van der Waals surface area contributed by atoms with Crippen LogP contribution < -0.4 is 5.32 Å². The van der Waals surface area contributed by atoms with Crippen LogP contribution in [0.3, 0.4) is 0 Å². The molecule has 0 aliphatic rings. The predicted molar refractivity (Wildman–Crippen MR) is 69.4 cm³/mol. The third-order valence-electron chi connectivity index (χ3n) is 2.70. The molecule has 1 N–H and O–H groups in total. The fourth-order valence-electron chi connectivity index (χ4n) is 1.72. The Morgan fingerprint density at radius 1 is 1.20 bits per heavy atom. The maximum atomic E-state index is 13.6. The molecule has 0 saturated carbocycles. The van der Waals surface area contributed by atoms with E-state index in [1.54, 1.807) is 24.5 Å². The van der Waals surface area contributed by atoms with Gasteiger partial charge in [-0.25, -0.2) is 8.78 Å². The summed E-state index contributed by atoms with van der Waals surface area (Å²) in [7, 11) is 0. The molecule has 0 radical (unpaired) electrons. The highest BCUT2D eigenvalue weighted by Gasteiger charge is 2.16. The van der Waals surface area contributed by atoms with Crippen LogP contribution in [0.5, 0.6) is 0 Å². The molecule has 20 heavy (non-hydrogen) atoms. The lowest BCUT2D eigenvalue weighted by Crippen LogP contribution is -2.08.